The van der Waals surface area contributed by atoms with Gasteiger partial charge >= 0.3 is 0 Å². The lowest BCUT2D eigenvalue weighted by molar-refractivity contribution is -0.122. The molecular formula is C16H17NO. The molecule has 1 atom stereocenters. The Balaban J connectivity index is 2.40. The van der Waals surface area contributed by atoms with Crippen molar-refractivity contribution < 1.29 is 4.79 Å². The van der Waals surface area contributed by atoms with Gasteiger partial charge in [-0.15, -0.1) is 0 Å². The molecule has 2 aromatic carbocycles. The van der Waals surface area contributed by atoms with Crippen molar-refractivity contribution in [1.29, 1.82) is 0 Å². The van der Waals surface area contributed by atoms with Crippen LogP contribution in [0, 0.1) is 0 Å². The van der Waals surface area contributed by atoms with E-state index in [4.69, 9.17) is 0 Å². The second kappa shape index (κ2) is 3.58. The Morgan fingerprint density at radius 3 is 2.61 bits per heavy atom. The van der Waals surface area contributed by atoms with E-state index in [0.717, 1.165) is 17.7 Å². The fourth-order valence-corrected chi connectivity index (χ4v) is 2.99. The van der Waals surface area contributed by atoms with E-state index in [1.165, 1.54) is 10.8 Å². The lowest BCUT2D eigenvalue weighted by Crippen LogP contribution is -2.35. The number of anilines is 1. The highest BCUT2D eigenvalue weighted by molar-refractivity contribution is 6.14. The van der Waals surface area contributed by atoms with E-state index in [0.29, 0.717) is 0 Å². The molecule has 2 nitrogen and oxygen atoms in total. The van der Waals surface area contributed by atoms with Crippen molar-refractivity contribution in [2.24, 2.45) is 0 Å². The Morgan fingerprint density at radius 2 is 1.89 bits per heavy atom. The molecule has 0 radical (unpaired) electrons. The zero-order valence-electron chi connectivity index (χ0n) is 11.0. The van der Waals surface area contributed by atoms with E-state index < -0.39 is 0 Å². The summed E-state index contributed by atoms with van der Waals surface area (Å²) < 4.78 is 0. The Morgan fingerprint density at radius 1 is 1.17 bits per heavy atom. The first-order chi connectivity index (χ1) is 8.59. The number of carbonyl (C=O) groups excluding carboxylic acids is 1. The van der Waals surface area contributed by atoms with Crippen molar-refractivity contribution in [1.82, 2.24) is 0 Å². The van der Waals surface area contributed by atoms with Crippen LogP contribution in [0.5, 0.6) is 0 Å². The molecule has 1 unspecified atom stereocenters. The minimum absolute atomic E-state index is 0.205. The summed E-state index contributed by atoms with van der Waals surface area (Å²) in [6, 6.07) is 12.5. The van der Waals surface area contributed by atoms with Gasteiger partial charge in [0.15, 0.2) is 0 Å². The molecule has 0 saturated heterocycles. The van der Waals surface area contributed by atoms with Crippen molar-refractivity contribution in [3.8, 4) is 0 Å². The molecular weight excluding hydrogens is 222 g/mol. The third kappa shape index (κ3) is 1.20. The van der Waals surface area contributed by atoms with Gasteiger partial charge < -0.3 is 4.90 Å². The number of hydrogen-bond donors (Lipinski definition) is 0. The lowest BCUT2D eigenvalue weighted by atomic mass is 9.81. The minimum Gasteiger partial charge on any atom is -0.314 e. The van der Waals surface area contributed by atoms with Gasteiger partial charge in [0.25, 0.3) is 0 Å². The number of hydrogen-bond acceptors (Lipinski definition) is 1. The molecule has 92 valence electrons. The third-order valence-corrected chi connectivity index (χ3v) is 4.31. The summed E-state index contributed by atoms with van der Waals surface area (Å²) >= 11 is 0. The minimum atomic E-state index is -0.367. The fourth-order valence-electron chi connectivity index (χ4n) is 2.99. The molecule has 0 N–H and O–H groups in total. The van der Waals surface area contributed by atoms with Gasteiger partial charge in [0, 0.05) is 12.4 Å². The molecule has 1 aliphatic heterocycles. The highest BCUT2D eigenvalue weighted by Gasteiger charge is 2.45. The van der Waals surface area contributed by atoms with Crippen LogP contribution in [-0.4, -0.2) is 13.0 Å². The van der Waals surface area contributed by atoms with Crippen molar-refractivity contribution >= 4 is 22.4 Å². The van der Waals surface area contributed by atoms with E-state index in [9.17, 15) is 4.79 Å². The quantitative estimate of drug-likeness (QED) is 0.746. The summed E-state index contributed by atoms with van der Waals surface area (Å²) in [4.78, 5) is 14.3. The molecule has 2 aromatic rings. The van der Waals surface area contributed by atoms with Crippen LogP contribution in [0.3, 0.4) is 0 Å². The van der Waals surface area contributed by atoms with Gasteiger partial charge in [-0.25, -0.2) is 0 Å². The van der Waals surface area contributed by atoms with E-state index in [1.54, 1.807) is 0 Å². The van der Waals surface area contributed by atoms with Crippen LogP contribution in [-0.2, 0) is 10.2 Å². The van der Waals surface area contributed by atoms with Gasteiger partial charge in [0.05, 0.1) is 11.1 Å². The average Bonchev–Trinajstić information content (AvgIpc) is 2.61. The number of amides is 1. The maximum atomic E-state index is 12.5. The maximum Gasteiger partial charge on any atom is 0.237 e. The average molecular weight is 239 g/mol. The smallest absolute Gasteiger partial charge is 0.237 e. The lowest BCUT2D eigenvalue weighted by Gasteiger charge is -2.20. The van der Waals surface area contributed by atoms with Crippen molar-refractivity contribution in [3.05, 3.63) is 42.0 Å². The van der Waals surface area contributed by atoms with Gasteiger partial charge in [-0.2, -0.15) is 0 Å². The van der Waals surface area contributed by atoms with Gasteiger partial charge in [-0.05, 0) is 24.3 Å². The van der Waals surface area contributed by atoms with Crippen LogP contribution in [0.4, 0.5) is 5.69 Å². The zero-order chi connectivity index (χ0) is 12.9. The molecule has 0 saturated carbocycles. The van der Waals surface area contributed by atoms with Gasteiger partial charge in [0.1, 0.15) is 0 Å². The summed E-state index contributed by atoms with van der Waals surface area (Å²) in [6.45, 7) is 4.13. The Bertz CT molecular complexity index is 647. The molecule has 0 fully saturated rings. The first-order valence-electron chi connectivity index (χ1n) is 6.40. The number of likely N-dealkylation sites (N-methyl/N-ethyl adjacent to an activating group) is 1. The van der Waals surface area contributed by atoms with Crippen LogP contribution in [0.1, 0.15) is 25.8 Å². The molecule has 1 aliphatic rings. The number of benzene rings is 2. The summed E-state index contributed by atoms with van der Waals surface area (Å²) in [5.74, 6) is 0.205. The van der Waals surface area contributed by atoms with Crippen LogP contribution in [0.2, 0.25) is 0 Å². The van der Waals surface area contributed by atoms with E-state index in [-0.39, 0.29) is 11.3 Å². The SMILES string of the molecule is CCC1(C)C(=O)N(C)c2c1ccc1ccccc21. The number of carbonyl (C=O) groups is 1. The summed E-state index contributed by atoms with van der Waals surface area (Å²) in [5.41, 5.74) is 1.88. The first-order valence-corrected chi connectivity index (χ1v) is 6.40. The highest BCUT2D eigenvalue weighted by atomic mass is 16.2. The van der Waals surface area contributed by atoms with Gasteiger partial charge in [-0.3, -0.25) is 4.79 Å². The molecule has 0 bridgehead atoms. The molecule has 3 rings (SSSR count). The summed E-state index contributed by atoms with van der Waals surface area (Å²) in [5, 5.41) is 2.36. The van der Waals surface area contributed by atoms with Crippen molar-refractivity contribution in [2.75, 3.05) is 11.9 Å². The van der Waals surface area contributed by atoms with Crippen LogP contribution < -0.4 is 4.90 Å². The molecule has 2 heteroatoms. The van der Waals surface area contributed by atoms with Crippen LogP contribution in [0.25, 0.3) is 10.8 Å². The number of rotatable bonds is 1. The summed E-state index contributed by atoms with van der Waals surface area (Å²) in [6.07, 6.45) is 0.835. The standard InChI is InChI=1S/C16H17NO/c1-4-16(2)13-10-9-11-7-5-6-8-12(11)14(13)17(3)15(16)18/h5-10H,4H2,1-3H3. The van der Waals surface area contributed by atoms with Crippen molar-refractivity contribution in [3.63, 3.8) is 0 Å². The Labute approximate surface area is 107 Å². The largest absolute Gasteiger partial charge is 0.314 e. The molecule has 0 aromatic heterocycles. The number of nitrogens with zero attached hydrogens (tertiary/aromatic N) is 1. The Kier molecular flexibility index (Phi) is 2.24. The fraction of sp³-hybridized carbons (Fsp3) is 0.312. The zero-order valence-corrected chi connectivity index (χ0v) is 11.0. The van der Waals surface area contributed by atoms with Gasteiger partial charge in [-0.1, -0.05) is 43.3 Å². The maximum absolute atomic E-state index is 12.5. The first kappa shape index (κ1) is 11.3. The molecule has 18 heavy (non-hydrogen) atoms. The van der Waals surface area contributed by atoms with E-state index >= 15 is 0 Å². The predicted octanol–water partition coefficient (Wildman–Crippen LogP) is 3.48. The predicted molar refractivity (Wildman–Crippen MR) is 75.0 cm³/mol. The third-order valence-electron chi connectivity index (χ3n) is 4.31. The number of fused-ring (bicyclic) bond motifs is 3. The van der Waals surface area contributed by atoms with E-state index in [2.05, 4.69) is 31.2 Å². The van der Waals surface area contributed by atoms with Crippen LogP contribution in [0.15, 0.2) is 36.4 Å². The molecule has 0 aliphatic carbocycles. The molecule has 1 amide bonds. The molecule has 1 heterocycles. The van der Waals surface area contributed by atoms with Crippen molar-refractivity contribution in [2.45, 2.75) is 25.7 Å². The topological polar surface area (TPSA) is 20.3 Å². The Hall–Kier alpha value is -1.83. The second-order valence-electron chi connectivity index (χ2n) is 5.23. The van der Waals surface area contributed by atoms with Gasteiger partial charge in [0.2, 0.25) is 5.91 Å². The highest BCUT2D eigenvalue weighted by Crippen LogP contribution is 2.46. The molecule has 0 spiro atoms. The monoisotopic (exact) mass is 239 g/mol. The normalized spacial score (nSPS) is 22.6. The van der Waals surface area contributed by atoms with Crippen LogP contribution >= 0.6 is 0 Å². The van der Waals surface area contributed by atoms with E-state index in [1.807, 2.05) is 31.0 Å². The summed E-state index contributed by atoms with van der Waals surface area (Å²) in [7, 11) is 1.88. The second-order valence-corrected chi connectivity index (χ2v) is 5.23.